The summed E-state index contributed by atoms with van der Waals surface area (Å²) in [6.45, 7) is 19.4. The molecule has 0 aromatic heterocycles. The summed E-state index contributed by atoms with van der Waals surface area (Å²) in [6.07, 6.45) is 7.05. The van der Waals surface area contributed by atoms with Gasteiger partial charge in [0.05, 0.1) is 53.4 Å². The van der Waals surface area contributed by atoms with Crippen molar-refractivity contribution in [2.45, 2.75) is 136 Å². The number of unbranched alkanes of at least 4 members (excludes halogenated alkanes) is 5. The van der Waals surface area contributed by atoms with Crippen molar-refractivity contribution in [1.29, 1.82) is 0 Å². The van der Waals surface area contributed by atoms with Crippen LogP contribution in [-0.4, -0.2) is 133 Å². The van der Waals surface area contributed by atoms with E-state index in [-0.39, 0.29) is 81.1 Å². The molecule has 0 radical (unpaired) electrons. The lowest BCUT2D eigenvalue weighted by Gasteiger charge is -2.36. The molecule has 4 unspecified atom stereocenters. The highest BCUT2D eigenvalue weighted by Crippen LogP contribution is 2.46. The van der Waals surface area contributed by atoms with Gasteiger partial charge in [-0.05, 0) is 117 Å². The Balaban J connectivity index is 0.000000650. The van der Waals surface area contributed by atoms with E-state index in [9.17, 15) is 39.6 Å². The number of benzene rings is 4. The molecule has 482 valence electrons. The second-order valence-corrected chi connectivity index (χ2v) is 21.7. The highest BCUT2D eigenvalue weighted by molar-refractivity contribution is 6.00. The Kier molecular flexibility index (Phi) is 33.7. The number of aliphatic carboxylic acids is 2. The maximum Gasteiger partial charge on any atom is 0.336 e. The van der Waals surface area contributed by atoms with Crippen LogP contribution in [0.3, 0.4) is 0 Å². The van der Waals surface area contributed by atoms with Crippen LogP contribution < -0.4 is 34.9 Å². The van der Waals surface area contributed by atoms with Crippen molar-refractivity contribution < 1.29 is 68.0 Å². The molecule has 18 nitrogen and oxygen atoms in total. The van der Waals surface area contributed by atoms with Gasteiger partial charge in [-0.3, -0.25) is 0 Å². The van der Waals surface area contributed by atoms with E-state index in [1.54, 1.807) is 44.2 Å². The van der Waals surface area contributed by atoms with E-state index >= 15 is 0 Å². The Morgan fingerprint density at radius 1 is 0.591 bits per heavy atom. The van der Waals surface area contributed by atoms with E-state index in [0.29, 0.717) is 82.5 Å². The Labute approximate surface area is 531 Å². The van der Waals surface area contributed by atoms with Crippen LogP contribution in [0.5, 0.6) is 23.0 Å². The van der Waals surface area contributed by atoms with E-state index < -0.39 is 47.9 Å². The summed E-state index contributed by atoms with van der Waals surface area (Å²) in [5.74, 6) is -2.46. The van der Waals surface area contributed by atoms with Crippen LogP contribution in [-0.2, 0) is 28.7 Å². The molecule has 0 aliphatic carbocycles. The van der Waals surface area contributed by atoms with E-state index in [1.807, 2.05) is 125 Å². The Morgan fingerprint density at radius 3 is 1.53 bits per heavy atom. The quantitative estimate of drug-likeness (QED) is 0.0129. The molecule has 20 heteroatoms. The van der Waals surface area contributed by atoms with E-state index in [0.717, 1.165) is 56.6 Å². The highest BCUT2D eigenvalue weighted by Gasteiger charge is 2.42. The number of nitrogens with zero attached hydrogens (tertiary/aromatic N) is 1. The molecule has 88 heavy (non-hydrogen) atoms. The fraction of sp³-hybridized carbons (Fsp3) is 0.441. The van der Waals surface area contributed by atoms with Crippen molar-refractivity contribution in [2.24, 2.45) is 0 Å². The molecule has 0 saturated heterocycles. The third kappa shape index (κ3) is 23.3. The number of ether oxygens (including phenoxy) is 6. The van der Waals surface area contributed by atoms with Gasteiger partial charge in [0.15, 0.2) is 0 Å². The minimum absolute atomic E-state index is 0. The monoisotopic (exact) mass is 1260 g/mol. The van der Waals surface area contributed by atoms with E-state index in [2.05, 4.69) is 29.5 Å². The minimum Gasteiger partial charge on any atom is -0.491 e. The summed E-state index contributed by atoms with van der Waals surface area (Å²) >= 11 is 0. The third-order valence-corrected chi connectivity index (χ3v) is 14.7. The fourth-order valence-electron chi connectivity index (χ4n) is 10.1. The number of nitrogens with one attached hydrogen (secondary N) is 3. The number of rotatable bonds is 35. The number of carboxylic acids is 2. The number of carboxylic acid groups (broad SMARTS) is 2. The Bertz CT molecular complexity index is 2930. The van der Waals surface area contributed by atoms with Gasteiger partial charge in [-0.25, -0.2) is 19.2 Å². The molecule has 0 amide bonds. The van der Waals surface area contributed by atoms with Crippen molar-refractivity contribution in [1.82, 2.24) is 20.9 Å². The standard InChI is InChI=1S/C50H71N3O9.C18H19NO5.2ClH/c1-36(2)62-45-28-18-17-27-44(45)48-46(49(56)58-30-20-8-7-19-29-51-32-40(54)34-60-42-23-13-9-14-24-42)38(4)53(6)39(5)47(48)50(57)59-31-21-11-12-22-37(3)52-33-41(55)35-61-43-25-15-10-16-26-43;1-4-9-24-13-8-6-5-7-12(13)16-14(17(20)21)10(2)19-11(3)15(16)18(22)23;;/h9-10,13-18,23-28,36-37,40-41,48,51-52,54-55H,7-8,11-12,19-22,29-35H2,1-6H3;4-8,16,19H,1,9H2,2-3H3,(H,20,21)(H,22,23);2*1H. The van der Waals surface area contributed by atoms with Crippen molar-refractivity contribution in [2.75, 3.05) is 59.7 Å². The van der Waals surface area contributed by atoms with E-state index in [1.165, 1.54) is 0 Å². The number of carbonyl (C=O) groups is 4. The van der Waals surface area contributed by atoms with Crippen LogP contribution >= 0.6 is 24.8 Å². The van der Waals surface area contributed by atoms with Crippen LogP contribution in [0, 0.1) is 0 Å². The van der Waals surface area contributed by atoms with Gasteiger partial charge >= 0.3 is 23.9 Å². The number of para-hydroxylation sites is 4. The van der Waals surface area contributed by atoms with Gasteiger partial charge < -0.3 is 69.7 Å². The molecule has 0 fully saturated rings. The first kappa shape index (κ1) is 74.9. The van der Waals surface area contributed by atoms with Crippen molar-refractivity contribution in [3.05, 3.63) is 178 Å². The second kappa shape index (κ2) is 39.5. The van der Waals surface area contributed by atoms with Gasteiger partial charge in [0, 0.05) is 60.1 Å². The van der Waals surface area contributed by atoms with Crippen LogP contribution in [0.1, 0.15) is 123 Å². The zero-order chi connectivity index (χ0) is 62.5. The van der Waals surface area contributed by atoms with Gasteiger partial charge in [-0.15, -0.1) is 24.8 Å². The lowest BCUT2D eigenvalue weighted by molar-refractivity contribution is -0.141. The first-order chi connectivity index (χ1) is 41.3. The lowest BCUT2D eigenvalue weighted by atomic mass is 9.79. The molecule has 4 aromatic rings. The summed E-state index contributed by atoms with van der Waals surface area (Å²) in [6, 6.07) is 33.5. The number of dihydropyridines is 1. The number of aliphatic hydroxyl groups is 2. The molecule has 0 saturated carbocycles. The lowest BCUT2D eigenvalue weighted by Crippen LogP contribution is -2.36. The average Bonchev–Trinajstić information content (AvgIpc) is 2.01. The predicted octanol–water partition coefficient (Wildman–Crippen LogP) is 11.2. The largest absolute Gasteiger partial charge is 0.491 e. The molecular formula is C68H92Cl2N4O14. The molecule has 4 atom stereocenters. The van der Waals surface area contributed by atoms with Crippen molar-refractivity contribution in [3.8, 4) is 23.0 Å². The predicted molar refractivity (Wildman–Crippen MR) is 346 cm³/mol. The normalized spacial score (nSPS) is 15.1. The van der Waals surface area contributed by atoms with Crippen LogP contribution in [0.4, 0.5) is 0 Å². The van der Waals surface area contributed by atoms with Crippen LogP contribution in [0.15, 0.2) is 167 Å². The summed E-state index contributed by atoms with van der Waals surface area (Å²) in [4.78, 5) is 53.6. The van der Waals surface area contributed by atoms with Gasteiger partial charge in [0.1, 0.15) is 55.0 Å². The SMILES string of the molecule is C=CCOc1ccccc1C1C(C(=O)O)=C(C)NC(C)=C1C(=O)O.CC1=C(C(=O)OCCCCCCNCC(O)COc2ccccc2)C(c2ccccc2OC(C)C)C(C(=O)OCCCCCC(C)NCC(O)COc2ccccc2)=C(C)N1C.Cl.Cl. The maximum atomic E-state index is 14.1. The van der Waals surface area contributed by atoms with Gasteiger partial charge in [-0.2, -0.15) is 0 Å². The number of aliphatic hydroxyl groups excluding tert-OH is 2. The number of allylic oxidation sites excluding steroid dienone is 4. The third-order valence-electron chi connectivity index (χ3n) is 14.7. The maximum absolute atomic E-state index is 14.1. The fourth-order valence-corrected chi connectivity index (χ4v) is 10.1. The molecule has 4 aromatic carbocycles. The number of hydrogen-bond acceptors (Lipinski definition) is 16. The molecule has 0 spiro atoms. The average molecular weight is 1260 g/mol. The zero-order valence-electron chi connectivity index (χ0n) is 52.1. The molecule has 2 aliphatic rings. The first-order valence-corrected chi connectivity index (χ1v) is 29.7. The van der Waals surface area contributed by atoms with Gasteiger partial charge in [-0.1, -0.05) is 111 Å². The highest BCUT2D eigenvalue weighted by atomic mass is 35.5. The van der Waals surface area contributed by atoms with Crippen molar-refractivity contribution >= 4 is 48.7 Å². The van der Waals surface area contributed by atoms with E-state index in [4.69, 9.17) is 28.4 Å². The van der Waals surface area contributed by atoms with Gasteiger partial charge in [0.2, 0.25) is 0 Å². The Hall–Kier alpha value is -7.32. The summed E-state index contributed by atoms with van der Waals surface area (Å²) in [7, 11) is 1.85. The van der Waals surface area contributed by atoms with Crippen LogP contribution in [0.2, 0.25) is 0 Å². The number of halogens is 2. The molecule has 6 rings (SSSR count). The number of hydrogen-bond donors (Lipinski definition) is 7. The Morgan fingerprint density at radius 2 is 1.03 bits per heavy atom. The minimum atomic E-state index is -1.17. The van der Waals surface area contributed by atoms with Gasteiger partial charge in [0.25, 0.3) is 0 Å². The zero-order valence-corrected chi connectivity index (χ0v) is 53.7. The molecular weight excluding hydrogens is 1170 g/mol. The number of carbonyl (C=O) groups excluding carboxylic acids is 2. The molecule has 2 heterocycles. The second-order valence-electron chi connectivity index (χ2n) is 21.7. The summed E-state index contributed by atoms with van der Waals surface area (Å²) in [5, 5.41) is 49.3. The molecule has 7 N–H and O–H groups in total. The summed E-state index contributed by atoms with van der Waals surface area (Å²) < 4.78 is 35.0. The van der Waals surface area contributed by atoms with Crippen LogP contribution in [0.25, 0.3) is 0 Å². The summed E-state index contributed by atoms with van der Waals surface area (Å²) in [5.41, 5.74) is 4.19. The van der Waals surface area contributed by atoms with Crippen molar-refractivity contribution in [3.63, 3.8) is 0 Å². The number of esters is 2. The molecule has 0 bridgehead atoms. The topological polar surface area (TPSA) is 244 Å². The first-order valence-electron chi connectivity index (χ1n) is 29.7. The molecule has 2 aliphatic heterocycles. The smallest absolute Gasteiger partial charge is 0.336 e.